The van der Waals surface area contributed by atoms with Gasteiger partial charge in [0.1, 0.15) is 5.82 Å². The Morgan fingerprint density at radius 1 is 0.971 bits per heavy atom. The molecule has 1 heterocycles. The number of nitrogens with one attached hydrogen (secondary N) is 1. The number of rotatable bonds is 6. The van der Waals surface area contributed by atoms with Crippen LogP contribution >= 0.6 is 0 Å². The Morgan fingerprint density at radius 3 is 2.26 bits per heavy atom. The third kappa shape index (κ3) is 4.85. The van der Waals surface area contributed by atoms with E-state index in [-0.39, 0.29) is 12.6 Å². The topological polar surface area (TPSA) is 86.0 Å². The van der Waals surface area contributed by atoms with Gasteiger partial charge in [0.05, 0.1) is 18.3 Å². The van der Waals surface area contributed by atoms with Gasteiger partial charge in [-0.1, -0.05) is 60.2 Å². The van der Waals surface area contributed by atoms with Gasteiger partial charge in [-0.05, 0) is 49.2 Å². The Balaban J connectivity index is 1.80. The second kappa shape index (κ2) is 9.66. The van der Waals surface area contributed by atoms with Crippen LogP contribution in [0.5, 0.6) is 0 Å². The maximum atomic E-state index is 13.3. The molecule has 7 nitrogen and oxygen atoms in total. The van der Waals surface area contributed by atoms with Crippen LogP contribution in [0.15, 0.2) is 88.5 Å². The fourth-order valence-corrected chi connectivity index (χ4v) is 3.51. The molecule has 3 aromatic carbocycles. The Bertz CT molecular complexity index is 1430. The summed E-state index contributed by atoms with van der Waals surface area (Å²) < 4.78 is 15.3. The van der Waals surface area contributed by atoms with E-state index in [1.165, 1.54) is 24.3 Å². The second-order valence-corrected chi connectivity index (χ2v) is 8.00. The van der Waals surface area contributed by atoms with Crippen molar-refractivity contribution in [2.45, 2.75) is 26.4 Å². The molecule has 4 aromatic rings. The van der Waals surface area contributed by atoms with E-state index in [2.05, 4.69) is 10.4 Å². The Morgan fingerprint density at radius 2 is 1.62 bits per heavy atom. The van der Waals surface area contributed by atoms with E-state index in [4.69, 9.17) is 0 Å². The van der Waals surface area contributed by atoms with Crippen LogP contribution in [-0.2, 0) is 6.54 Å². The van der Waals surface area contributed by atoms with Crippen LogP contribution < -0.4 is 16.6 Å². The monoisotopic (exact) mass is 458 g/mol. The zero-order valence-electron chi connectivity index (χ0n) is 18.7. The first-order valence-corrected chi connectivity index (χ1v) is 10.7. The molecule has 1 N–H and O–H groups in total. The van der Waals surface area contributed by atoms with Crippen LogP contribution in [0.4, 0.5) is 4.39 Å². The predicted molar refractivity (Wildman–Crippen MR) is 127 cm³/mol. The normalized spacial score (nSPS) is 11.7. The van der Waals surface area contributed by atoms with Gasteiger partial charge < -0.3 is 5.32 Å². The fourth-order valence-electron chi connectivity index (χ4n) is 3.51. The molecule has 172 valence electrons. The number of nitrogens with zero attached hydrogens (tertiary/aromatic N) is 3. The molecule has 0 saturated carbocycles. The van der Waals surface area contributed by atoms with E-state index < -0.39 is 28.7 Å². The molecule has 0 spiro atoms. The number of carbonyl (C=O) groups excluding carboxylic acids is 1. The number of carbonyl (C=O) groups is 1. The van der Waals surface area contributed by atoms with E-state index >= 15 is 0 Å². The molecule has 4 rings (SSSR count). The van der Waals surface area contributed by atoms with Crippen LogP contribution in [0.3, 0.4) is 0 Å². The predicted octanol–water partition coefficient (Wildman–Crippen LogP) is 3.38. The molecule has 0 saturated heterocycles. The van der Waals surface area contributed by atoms with Crippen molar-refractivity contribution in [3.05, 3.63) is 128 Å². The van der Waals surface area contributed by atoms with Crippen molar-refractivity contribution in [2.24, 2.45) is 0 Å². The molecule has 0 aliphatic rings. The summed E-state index contributed by atoms with van der Waals surface area (Å²) in [6, 6.07) is 21.3. The highest BCUT2D eigenvalue weighted by Crippen LogP contribution is 2.12. The van der Waals surface area contributed by atoms with Crippen LogP contribution in [-0.4, -0.2) is 20.3 Å². The zero-order chi connectivity index (χ0) is 24.2. The summed E-state index contributed by atoms with van der Waals surface area (Å²) >= 11 is 0. The van der Waals surface area contributed by atoms with Gasteiger partial charge >= 0.3 is 5.69 Å². The summed E-state index contributed by atoms with van der Waals surface area (Å²) in [5, 5.41) is 6.91. The summed E-state index contributed by atoms with van der Waals surface area (Å²) in [5.74, 6) is -1.13. The lowest BCUT2D eigenvalue weighted by atomic mass is 10.1. The van der Waals surface area contributed by atoms with Crippen molar-refractivity contribution in [1.82, 2.24) is 19.7 Å². The molecule has 0 aliphatic heterocycles. The molecule has 0 bridgehead atoms. The molecule has 0 fully saturated rings. The van der Waals surface area contributed by atoms with Gasteiger partial charge in [0.25, 0.3) is 11.5 Å². The van der Waals surface area contributed by atoms with Gasteiger partial charge in [0.2, 0.25) is 5.69 Å². The number of aromatic nitrogens is 3. The lowest BCUT2D eigenvalue weighted by molar-refractivity contribution is 0.0930. The van der Waals surface area contributed by atoms with Crippen LogP contribution in [0.25, 0.3) is 5.69 Å². The fraction of sp³-hybridized carbons (Fsp3) is 0.154. The lowest BCUT2D eigenvalue weighted by Crippen LogP contribution is -2.46. The molecule has 34 heavy (non-hydrogen) atoms. The van der Waals surface area contributed by atoms with E-state index in [0.29, 0.717) is 11.3 Å². The zero-order valence-corrected chi connectivity index (χ0v) is 18.7. The Hall–Kier alpha value is -4.33. The van der Waals surface area contributed by atoms with Gasteiger partial charge in [0.15, 0.2) is 0 Å². The van der Waals surface area contributed by atoms with Gasteiger partial charge in [-0.3, -0.25) is 14.2 Å². The number of hydrogen-bond acceptors (Lipinski definition) is 4. The van der Waals surface area contributed by atoms with E-state index in [1.54, 1.807) is 31.2 Å². The maximum absolute atomic E-state index is 13.3. The van der Waals surface area contributed by atoms with Crippen LogP contribution in [0.2, 0.25) is 0 Å². The molecule has 0 aliphatic carbocycles. The summed E-state index contributed by atoms with van der Waals surface area (Å²) in [7, 11) is 0. The summed E-state index contributed by atoms with van der Waals surface area (Å²) in [4.78, 5) is 39.5. The van der Waals surface area contributed by atoms with Crippen molar-refractivity contribution in [3.8, 4) is 5.69 Å². The highest BCUT2D eigenvalue weighted by molar-refractivity contribution is 5.92. The highest BCUT2D eigenvalue weighted by atomic mass is 19.1. The maximum Gasteiger partial charge on any atom is 0.352 e. The first-order chi connectivity index (χ1) is 16.3. The third-order valence-corrected chi connectivity index (χ3v) is 5.45. The minimum Gasteiger partial charge on any atom is -0.344 e. The SMILES string of the molecule is Cc1ccc(-n2nc(C(=O)N[C@@H](C)c3ccccc3)c(=O)n(Cc3ccc(F)cc3)c2=O)cc1. The van der Waals surface area contributed by atoms with E-state index in [9.17, 15) is 18.8 Å². The molecule has 8 heteroatoms. The quantitative estimate of drug-likeness (QED) is 0.480. The van der Waals surface area contributed by atoms with Crippen molar-refractivity contribution in [1.29, 1.82) is 0 Å². The first kappa shape index (κ1) is 22.8. The number of benzene rings is 3. The largest absolute Gasteiger partial charge is 0.352 e. The van der Waals surface area contributed by atoms with Crippen molar-refractivity contribution < 1.29 is 9.18 Å². The Kier molecular flexibility index (Phi) is 6.49. The van der Waals surface area contributed by atoms with Gasteiger partial charge in [-0.2, -0.15) is 9.78 Å². The molecule has 1 atom stereocenters. The van der Waals surface area contributed by atoms with Crippen molar-refractivity contribution in [3.63, 3.8) is 0 Å². The molecule has 0 unspecified atom stereocenters. The second-order valence-electron chi connectivity index (χ2n) is 8.00. The summed E-state index contributed by atoms with van der Waals surface area (Å²) in [5.41, 5.74) is 0.840. The highest BCUT2D eigenvalue weighted by Gasteiger charge is 2.22. The molecular formula is C26H23FN4O3. The summed E-state index contributed by atoms with van der Waals surface area (Å²) in [6.07, 6.45) is 0. The molecule has 0 radical (unpaired) electrons. The average molecular weight is 458 g/mol. The van der Waals surface area contributed by atoms with Gasteiger partial charge in [-0.15, -0.1) is 0 Å². The molecular weight excluding hydrogens is 435 g/mol. The van der Waals surface area contributed by atoms with E-state index in [1.807, 2.05) is 37.3 Å². The Labute approximate surface area is 195 Å². The van der Waals surface area contributed by atoms with E-state index in [0.717, 1.165) is 20.4 Å². The summed E-state index contributed by atoms with van der Waals surface area (Å²) in [6.45, 7) is 3.56. The number of hydrogen-bond donors (Lipinski definition) is 1. The van der Waals surface area contributed by atoms with Crippen LogP contribution in [0, 0.1) is 12.7 Å². The first-order valence-electron chi connectivity index (χ1n) is 10.7. The number of halogens is 1. The van der Waals surface area contributed by atoms with Crippen molar-refractivity contribution in [2.75, 3.05) is 0 Å². The lowest BCUT2D eigenvalue weighted by Gasteiger charge is -2.16. The van der Waals surface area contributed by atoms with Crippen molar-refractivity contribution >= 4 is 5.91 Å². The number of aryl methyl sites for hydroxylation is 1. The minimum atomic E-state index is -0.824. The van der Waals surface area contributed by atoms with Crippen LogP contribution in [0.1, 0.15) is 40.1 Å². The van der Waals surface area contributed by atoms with Gasteiger partial charge in [-0.25, -0.2) is 9.18 Å². The molecule has 1 amide bonds. The standard InChI is InChI=1S/C26H23FN4O3/c1-17-8-14-22(15-9-17)31-26(34)30(16-19-10-12-21(27)13-11-19)25(33)23(29-31)24(32)28-18(2)20-6-4-3-5-7-20/h3-15,18H,16H2,1-2H3,(H,28,32)/t18-/m0/s1. The third-order valence-electron chi connectivity index (χ3n) is 5.45. The smallest absolute Gasteiger partial charge is 0.344 e. The number of amides is 1. The van der Waals surface area contributed by atoms with Gasteiger partial charge in [0, 0.05) is 0 Å². The average Bonchev–Trinajstić information content (AvgIpc) is 2.84. The minimum absolute atomic E-state index is 0.138. The molecule has 1 aromatic heterocycles.